The van der Waals surface area contributed by atoms with Crippen molar-refractivity contribution in [3.63, 3.8) is 0 Å². The molecular formula is C15H19N3O2S. The van der Waals surface area contributed by atoms with Crippen LogP contribution in [0.15, 0.2) is 30.3 Å². The molecule has 112 valence electrons. The molecule has 1 aromatic carbocycles. The van der Waals surface area contributed by atoms with Crippen molar-refractivity contribution in [2.24, 2.45) is 0 Å². The number of sulfonamides is 1. The Balaban J connectivity index is 2.00. The molecule has 3 rings (SSSR count). The van der Waals surface area contributed by atoms with E-state index >= 15 is 0 Å². The standard InChI is InChI=1S/C15H19N3O2S/c1-18(2)10-12-7-6-11-4-3-5-14(15(11)16-12)17-21(19,20)13-8-9-13/h3-7,13,17H,8-10H2,1-2H3. The van der Waals surface area contributed by atoms with Crippen LogP contribution in [0.2, 0.25) is 0 Å². The number of nitrogens with one attached hydrogen (secondary N) is 1. The number of hydrogen-bond donors (Lipinski definition) is 1. The van der Waals surface area contributed by atoms with E-state index in [1.807, 2.05) is 43.3 Å². The molecule has 0 radical (unpaired) electrons. The highest BCUT2D eigenvalue weighted by Gasteiger charge is 2.36. The van der Waals surface area contributed by atoms with E-state index in [1.54, 1.807) is 6.07 Å². The van der Waals surface area contributed by atoms with E-state index in [0.717, 1.165) is 30.5 Å². The predicted molar refractivity (Wildman–Crippen MR) is 84.7 cm³/mol. The summed E-state index contributed by atoms with van der Waals surface area (Å²) in [5.41, 5.74) is 2.20. The molecular weight excluding hydrogens is 286 g/mol. The van der Waals surface area contributed by atoms with Gasteiger partial charge in [-0.15, -0.1) is 0 Å². The highest BCUT2D eigenvalue weighted by Crippen LogP contribution is 2.31. The number of hydrogen-bond acceptors (Lipinski definition) is 4. The van der Waals surface area contributed by atoms with E-state index in [1.165, 1.54) is 0 Å². The highest BCUT2D eigenvalue weighted by atomic mass is 32.2. The van der Waals surface area contributed by atoms with Crippen LogP contribution in [0.4, 0.5) is 5.69 Å². The minimum Gasteiger partial charge on any atom is -0.304 e. The number of fused-ring (bicyclic) bond motifs is 1. The Labute approximate surface area is 125 Å². The Morgan fingerprint density at radius 2 is 2.00 bits per heavy atom. The van der Waals surface area contributed by atoms with Crippen LogP contribution in [0, 0.1) is 0 Å². The quantitative estimate of drug-likeness (QED) is 0.920. The second-order valence-corrected chi connectivity index (χ2v) is 7.72. The number of pyridine rings is 1. The molecule has 21 heavy (non-hydrogen) atoms. The summed E-state index contributed by atoms with van der Waals surface area (Å²) < 4.78 is 26.9. The SMILES string of the molecule is CN(C)Cc1ccc2cccc(NS(=O)(=O)C3CC3)c2n1. The zero-order valence-electron chi connectivity index (χ0n) is 12.2. The zero-order valence-corrected chi connectivity index (χ0v) is 13.0. The number of aromatic nitrogens is 1. The maximum Gasteiger partial charge on any atom is 0.235 e. The molecule has 0 aliphatic heterocycles. The molecule has 1 N–H and O–H groups in total. The minimum absolute atomic E-state index is 0.238. The largest absolute Gasteiger partial charge is 0.304 e. The van der Waals surface area contributed by atoms with Crippen molar-refractivity contribution < 1.29 is 8.42 Å². The lowest BCUT2D eigenvalue weighted by Gasteiger charge is -2.12. The van der Waals surface area contributed by atoms with Gasteiger partial charge in [-0.3, -0.25) is 4.72 Å². The molecule has 0 unspecified atom stereocenters. The second kappa shape index (κ2) is 5.27. The van der Waals surface area contributed by atoms with Gasteiger partial charge in [-0.2, -0.15) is 0 Å². The van der Waals surface area contributed by atoms with Gasteiger partial charge >= 0.3 is 0 Å². The summed E-state index contributed by atoms with van der Waals surface area (Å²) in [6, 6.07) is 9.52. The van der Waals surface area contributed by atoms with E-state index in [0.29, 0.717) is 11.2 Å². The normalized spacial score (nSPS) is 15.6. The van der Waals surface area contributed by atoms with Crippen molar-refractivity contribution in [3.05, 3.63) is 36.0 Å². The van der Waals surface area contributed by atoms with Gasteiger partial charge < -0.3 is 4.90 Å². The fourth-order valence-corrected chi connectivity index (χ4v) is 3.69. The summed E-state index contributed by atoms with van der Waals surface area (Å²) >= 11 is 0. The van der Waals surface area contributed by atoms with Crippen LogP contribution in [0.25, 0.3) is 10.9 Å². The second-order valence-electron chi connectivity index (χ2n) is 5.76. The van der Waals surface area contributed by atoms with Crippen molar-refractivity contribution >= 4 is 26.6 Å². The molecule has 1 aliphatic carbocycles. The third-order valence-electron chi connectivity index (χ3n) is 3.47. The van der Waals surface area contributed by atoms with Crippen LogP contribution >= 0.6 is 0 Å². The van der Waals surface area contributed by atoms with Crippen molar-refractivity contribution in [2.45, 2.75) is 24.6 Å². The Bertz CT molecular complexity index is 768. The fourth-order valence-electron chi connectivity index (χ4n) is 2.30. The van der Waals surface area contributed by atoms with E-state index < -0.39 is 10.0 Å². The molecule has 0 amide bonds. The minimum atomic E-state index is -3.27. The van der Waals surface area contributed by atoms with Crippen molar-refractivity contribution in [3.8, 4) is 0 Å². The van der Waals surface area contributed by atoms with Crippen LogP contribution in [0.5, 0.6) is 0 Å². The number of nitrogens with zero attached hydrogens (tertiary/aromatic N) is 2. The summed E-state index contributed by atoms with van der Waals surface area (Å²) in [7, 11) is 0.692. The third-order valence-corrected chi connectivity index (χ3v) is 5.33. The first-order chi connectivity index (χ1) is 9.95. The number of rotatable bonds is 5. The van der Waals surface area contributed by atoms with E-state index in [4.69, 9.17) is 0 Å². The van der Waals surface area contributed by atoms with Crippen LogP contribution in [0.1, 0.15) is 18.5 Å². The smallest absolute Gasteiger partial charge is 0.235 e. The first-order valence-electron chi connectivity index (χ1n) is 7.01. The molecule has 2 aromatic rings. The fraction of sp³-hybridized carbons (Fsp3) is 0.400. The van der Waals surface area contributed by atoms with Gasteiger partial charge in [-0.1, -0.05) is 18.2 Å². The topological polar surface area (TPSA) is 62.3 Å². The van der Waals surface area contributed by atoms with Gasteiger partial charge in [0.05, 0.1) is 22.1 Å². The van der Waals surface area contributed by atoms with E-state index in [-0.39, 0.29) is 5.25 Å². The number of anilines is 1. The van der Waals surface area contributed by atoms with Gasteiger partial charge in [-0.25, -0.2) is 13.4 Å². The molecule has 0 bridgehead atoms. The average molecular weight is 305 g/mol. The number of para-hydroxylation sites is 1. The lowest BCUT2D eigenvalue weighted by atomic mass is 10.2. The predicted octanol–water partition coefficient (Wildman–Crippen LogP) is 2.20. The number of benzene rings is 1. The Kier molecular flexibility index (Phi) is 3.59. The molecule has 0 saturated heterocycles. The van der Waals surface area contributed by atoms with Crippen molar-refractivity contribution in [1.29, 1.82) is 0 Å². The van der Waals surface area contributed by atoms with Crippen LogP contribution < -0.4 is 4.72 Å². The molecule has 6 heteroatoms. The average Bonchev–Trinajstić information content (AvgIpc) is 3.23. The lowest BCUT2D eigenvalue weighted by molar-refractivity contribution is 0.397. The zero-order chi connectivity index (χ0) is 15.0. The third kappa shape index (κ3) is 3.16. The molecule has 1 heterocycles. The van der Waals surface area contributed by atoms with Crippen LogP contribution in [-0.2, 0) is 16.6 Å². The molecule has 1 aromatic heterocycles. The maximum absolute atomic E-state index is 12.1. The van der Waals surface area contributed by atoms with Gasteiger partial charge in [0.1, 0.15) is 0 Å². The molecule has 0 atom stereocenters. The van der Waals surface area contributed by atoms with Crippen LogP contribution in [-0.4, -0.2) is 37.6 Å². The first-order valence-corrected chi connectivity index (χ1v) is 8.55. The summed E-state index contributed by atoms with van der Waals surface area (Å²) in [4.78, 5) is 6.64. The van der Waals surface area contributed by atoms with Gasteiger partial charge in [0, 0.05) is 11.9 Å². The Morgan fingerprint density at radius 1 is 1.24 bits per heavy atom. The summed E-state index contributed by atoms with van der Waals surface area (Å²) in [5, 5.41) is 0.700. The van der Waals surface area contributed by atoms with Gasteiger partial charge in [0.25, 0.3) is 0 Å². The Morgan fingerprint density at radius 3 is 2.67 bits per heavy atom. The molecule has 5 nitrogen and oxygen atoms in total. The van der Waals surface area contributed by atoms with Gasteiger partial charge in [0.2, 0.25) is 10.0 Å². The molecule has 1 aliphatic rings. The van der Waals surface area contributed by atoms with Crippen molar-refractivity contribution in [1.82, 2.24) is 9.88 Å². The van der Waals surface area contributed by atoms with E-state index in [9.17, 15) is 8.42 Å². The molecule has 1 fully saturated rings. The van der Waals surface area contributed by atoms with Crippen LogP contribution in [0.3, 0.4) is 0 Å². The monoisotopic (exact) mass is 305 g/mol. The summed E-state index contributed by atoms with van der Waals surface area (Å²) in [6.45, 7) is 0.722. The first kappa shape index (κ1) is 14.3. The van der Waals surface area contributed by atoms with Gasteiger partial charge in [-0.05, 0) is 39.1 Å². The lowest BCUT2D eigenvalue weighted by Crippen LogP contribution is -2.18. The maximum atomic E-state index is 12.1. The molecule has 0 spiro atoms. The highest BCUT2D eigenvalue weighted by molar-refractivity contribution is 7.93. The Hall–Kier alpha value is -1.66. The summed E-state index contributed by atoms with van der Waals surface area (Å²) in [6.07, 6.45) is 1.50. The van der Waals surface area contributed by atoms with Crippen molar-refractivity contribution in [2.75, 3.05) is 18.8 Å². The summed E-state index contributed by atoms with van der Waals surface area (Å²) in [5.74, 6) is 0. The molecule has 1 saturated carbocycles. The van der Waals surface area contributed by atoms with E-state index in [2.05, 4.69) is 9.71 Å². The van der Waals surface area contributed by atoms with Gasteiger partial charge in [0.15, 0.2) is 0 Å².